The minimum atomic E-state index is 0.811. The highest BCUT2D eigenvalue weighted by Gasteiger charge is 2.01. The molecule has 0 fully saturated rings. The SMILES string of the molecule is CC(CCBr)CCSc1ccccn1. The predicted octanol–water partition coefficient (Wildman–Crippen LogP) is 3.98. The Balaban J connectivity index is 2.16. The van der Waals surface area contributed by atoms with Gasteiger partial charge in [0, 0.05) is 11.5 Å². The molecular formula is C11H16BrNS. The molecular weight excluding hydrogens is 258 g/mol. The smallest absolute Gasteiger partial charge is 0.0959 e. The molecule has 1 atom stereocenters. The zero-order valence-corrected chi connectivity index (χ0v) is 10.9. The number of pyridine rings is 1. The first-order valence-corrected chi connectivity index (χ1v) is 7.03. The summed E-state index contributed by atoms with van der Waals surface area (Å²) in [5.74, 6) is 1.98. The van der Waals surface area contributed by atoms with Crippen molar-refractivity contribution < 1.29 is 0 Å². The fraction of sp³-hybridized carbons (Fsp3) is 0.545. The van der Waals surface area contributed by atoms with Crippen LogP contribution in [0.4, 0.5) is 0 Å². The van der Waals surface area contributed by atoms with E-state index in [9.17, 15) is 0 Å². The third-order valence-corrected chi connectivity index (χ3v) is 3.54. The average molecular weight is 274 g/mol. The van der Waals surface area contributed by atoms with Gasteiger partial charge in [0.25, 0.3) is 0 Å². The lowest BCUT2D eigenvalue weighted by Crippen LogP contribution is -1.97. The van der Waals surface area contributed by atoms with E-state index in [0.29, 0.717) is 0 Å². The van der Waals surface area contributed by atoms with Crippen LogP contribution in [0.15, 0.2) is 29.4 Å². The van der Waals surface area contributed by atoms with Crippen LogP contribution in [0, 0.1) is 5.92 Å². The second-order valence-electron chi connectivity index (χ2n) is 3.39. The lowest BCUT2D eigenvalue weighted by molar-refractivity contribution is 0.555. The summed E-state index contributed by atoms with van der Waals surface area (Å²) in [6.45, 7) is 2.31. The zero-order chi connectivity index (χ0) is 10.2. The van der Waals surface area contributed by atoms with Gasteiger partial charge in [-0.05, 0) is 36.6 Å². The van der Waals surface area contributed by atoms with Gasteiger partial charge < -0.3 is 0 Å². The van der Waals surface area contributed by atoms with Gasteiger partial charge in [-0.15, -0.1) is 11.8 Å². The molecule has 14 heavy (non-hydrogen) atoms. The normalized spacial score (nSPS) is 12.7. The van der Waals surface area contributed by atoms with Crippen molar-refractivity contribution in [2.45, 2.75) is 24.8 Å². The Morgan fingerprint density at radius 2 is 2.29 bits per heavy atom. The van der Waals surface area contributed by atoms with Gasteiger partial charge in [-0.25, -0.2) is 4.98 Å². The van der Waals surface area contributed by atoms with Gasteiger partial charge in [-0.2, -0.15) is 0 Å². The van der Waals surface area contributed by atoms with Gasteiger partial charge in [0.05, 0.1) is 5.03 Å². The van der Waals surface area contributed by atoms with Crippen molar-refractivity contribution in [2.75, 3.05) is 11.1 Å². The van der Waals surface area contributed by atoms with Crippen molar-refractivity contribution in [3.8, 4) is 0 Å². The van der Waals surface area contributed by atoms with Crippen LogP contribution in [-0.2, 0) is 0 Å². The maximum Gasteiger partial charge on any atom is 0.0959 e. The lowest BCUT2D eigenvalue weighted by Gasteiger charge is -2.07. The second-order valence-corrected chi connectivity index (χ2v) is 5.30. The van der Waals surface area contributed by atoms with Crippen LogP contribution in [0.5, 0.6) is 0 Å². The molecule has 1 aromatic rings. The number of hydrogen-bond donors (Lipinski definition) is 0. The highest BCUT2D eigenvalue weighted by molar-refractivity contribution is 9.09. The zero-order valence-electron chi connectivity index (χ0n) is 8.45. The molecule has 0 aliphatic rings. The third-order valence-electron chi connectivity index (χ3n) is 2.10. The first-order valence-electron chi connectivity index (χ1n) is 4.92. The van der Waals surface area contributed by atoms with E-state index in [1.165, 1.54) is 18.6 Å². The third kappa shape index (κ3) is 5.01. The molecule has 1 nitrogen and oxygen atoms in total. The number of nitrogens with zero attached hydrogens (tertiary/aromatic N) is 1. The maximum absolute atomic E-state index is 4.28. The van der Waals surface area contributed by atoms with Crippen molar-refractivity contribution in [1.82, 2.24) is 4.98 Å². The average Bonchev–Trinajstić information content (AvgIpc) is 2.20. The lowest BCUT2D eigenvalue weighted by atomic mass is 10.1. The van der Waals surface area contributed by atoms with Crippen LogP contribution in [0.2, 0.25) is 0 Å². The van der Waals surface area contributed by atoms with E-state index in [4.69, 9.17) is 0 Å². The summed E-state index contributed by atoms with van der Waals surface area (Å²) in [6.07, 6.45) is 4.39. The van der Waals surface area contributed by atoms with E-state index in [1.807, 2.05) is 30.1 Å². The Labute approximate surface area is 98.8 Å². The Hall–Kier alpha value is -0.0200. The molecule has 0 aliphatic heterocycles. The molecule has 0 amide bonds. The van der Waals surface area contributed by atoms with Crippen LogP contribution in [0.1, 0.15) is 19.8 Å². The summed E-state index contributed by atoms with van der Waals surface area (Å²) in [5.41, 5.74) is 0. The minimum Gasteiger partial charge on any atom is -0.250 e. The molecule has 0 radical (unpaired) electrons. The van der Waals surface area contributed by atoms with E-state index in [2.05, 4.69) is 33.9 Å². The summed E-state index contributed by atoms with van der Waals surface area (Å²) in [6, 6.07) is 6.06. The topological polar surface area (TPSA) is 12.9 Å². The fourth-order valence-corrected chi connectivity index (χ4v) is 2.95. The van der Waals surface area contributed by atoms with Gasteiger partial charge >= 0.3 is 0 Å². The van der Waals surface area contributed by atoms with Crippen LogP contribution in [0.3, 0.4) is 0 Å². The first-order chi connectivity index (χ1) is 6.83. The molecule has 3 heteroatoms. The van der Waals surface area contributed by atoms with Crippen LogP contribution in [0.25, 0.3) is 0 Å². The summed E-state index contributed by atoms with van der Waals surface area (Å²) >= 11 is 5.32. The summed E-state index contributed by atoms with van der Waals surface area (Å²) in [4.78, 5) is 4.28. The van der Waals surface area contributed by atoms with Gasteiger partial charge in [0.15, 0.2) is 0 Å². The van der Waals surface area contributed by atoms with Crippen molar-refractivity contribution in [1.29, 1.82) is 0 Å². The maximum atomic E-state index is 4.28. The molecule has 0 saturated carbocycles. The molecule has 0 aliphatic carbocycles. The van der Waals surface area contributed by atoms with Crippen LogP contribution >= 0.6 is 27.7 Å². The highest BCUT2D eigenvalue weighted by Crippen LogP contribution is 2.19. The molecule has 1 rings (SSSR count). The van der Waals surface area contributed by atoms with Crippen LogP contribution in [-0.4, -0.2) is 16.1 Å². The van der Waals surface area contributed by atoms with Crippen molar-refractivity contribution in [3.63, 3.8) is 0 Å². The van der Waals surface area contributed by atoms with E-state index >= 15 is 0 Å². The molecule has 78 valence electrons. The second kappa shape index (κ2) is 7.30. The molecule has 0 saturated heterocycles. The summed E-state index contributed by atoms with van der Waals surface area (Å²) in [5, 5.41) is 2.25. The van der Waals surface area contributed by atoms with Gasteiger partial charge in [0.2, 0.25) is 0 Å². The van der Waals surface area contributed by atoms with Crippen molar-refractivity contribution >= 4 is 27.7 Å². The van der Waals surface area contributed by atoms with Crippen molar-refractivity contribution in [3.05, 3.63) is 24.4 Å². The number of hydrogen-bond acceptors (Lipinski definition) is 2. The Bertz CT molecular complexity index is 240. The first kappa shape index (κ1) is 12.1. The molecule has 0 aromatic carbocycles. The molecule has 0 N–H and O–H groups in total. The van der Waals surface area contributed by atoms with E-state index in [0.717, 1.165) is 16.3 Å². The Morgan fingerprint density at radius 3 is 2.93 bits per heavy atom. The predicted molar refractivity (Wildman–Crippen MR) is 67.2 cm³/mol. The van der Waals surface area contributed by atoms with Gasteiger partial charge in [-0.1, -0.05) is 28.9 Å². The number of thioether (sulfide) groups is 1. The minimum absolute atomic E-state index is 0.811. The highest BCUT2D eigenvalue weighted by atomic mass is 79.9. The fourth-order valence-electron chi connectivity index (χ4n) is 1.13. The Kier molecular flexibility index (Phi) is 6.28. The molecule has 1 heterocycles. The summed E-state index contributed by atoms with van der Waals surface area (Å²) in [7, 11) is 0. The molecule has 0 spiro atoms. The Morgan fingerprint density at radius 1 is 1.43 bits per heavy atom. The largest absolute Gasteiger partial charge is 0.250 e. The van der Waals surface area contributed by atoms with E-state index in [-0.39, 0.29) is 0 Å². The van der Waals surface area contributed by atoms with Crippen LogP contribution < -0.4 is 0 Å². The van der Waals surface area contributed by atoms with Gasteiger partial charge in [0.1, 0.15) is 0 Å². The van der Waals surface area contributed by atoms with Crippen molar-refractivity contribution in [2.24, 2.45) is 5.92 Å². The number of aromatic nitrogens is 1. The quantitative estimate of drug-likeness (QED) is 0.574. The molecule has 1 unspecified atom stereocenters. The monoisotopic (exact) mass is 273 g/mol. The number of alkyl halides is 1. The molecule has 1 aromatic heterocycles. The standard InChI is InChI=1S/C11H16BrNS/c1-10(5-7-12)6-9-14-11-4-2-3-8-13-11/h2-4,8,10H,5-7,9H2,1H3. The summed E-state index contributed by atoms with van der Waals surface area (Å²) < 4.78 is 0. The number of rotatable bonds is 6. The van der Waals surface area contributed by atoms with E-state index in [1.54, 1.807) is 0 Å². The van der Waals surface area contributed by atoms with E-state index < -0.39 is 0 Å². The molecule has 0 bridgehead atoms. The number of halogens is 1. The van der Waals surface area contributed by atoms with Gasteiger partial charge in [-0.3, -0.25) is 0 Å².